The number of hydrogen-bond donors (Lipinski definition) is 2. The van der Waals surface area contributed by atoms with E-state index in [1.165, 1.54) is 18.3 Å². The number of amides is 1. The minimum Gasteiger partial charge on any atom is -0.350 e. The number of aromatic nitrogens is 3. The van der Waals surface area contributed by atoms with Crippen molar-refractivity contribution in [2.24, 2.45) is 0 Å². The number of fused-ring (bicyclic) bond motifs is 1. The summed E-state index contributed by atoms with van der Waals surface area (Å²) in [6.45, 7) is 0.00223. The average Bonchev–Trinajstić information content (AvgIpc) is 2.60. The Morgan fingerprint density at radius 3 is 2.88 bits per heavy atom. The van der Waals surface area contributed by atoms with Gasteiger partial charge in [0.25, 0.3) is 11.5 Å². The van der Waals surface area contributed by atoms with Crippen molar-refractivity contribution in [3.63, 3.8) is 0 Å². The minimum absolute atomic E-state index is 0.0281. The van der Waals surface area contributed by atoms with E-state index in [0.717, 1.165) is 10.6 Å². The maximum absolute atomic E-state index is 13.1. The molecule has 0 saturated heterocycles. The Morgan fingerprint density at radius 2 is 2.12 bits per heavy atom. The Bertz CT molecular complexity index is 1080. The molecule has 0 fully saturated rings. The molecule has 2 heterocycles. The zero-order valence-corrected chi connectivity index (χ0v) is 13.5. The van der Waals surface area contributed by atoms with E-state index in [1.807, 2.05) is 0 Å². The maximum atomic E-state index is 13.1. The third-order valence-corrected chi connectivity index (χ3v) is 3.85. The van der Waals surface area contributed by atoms with Gasteiger partial charge in [-0.05, 0) is 30.3 Å². The number of carbonyl (C=O) groups is 1. The van der Waals surface area contributed by atoms with Gasteiger partial charge in [0.2, 0.25) is 0 Å². The van der Waals surface area contributed by atoms with Crippen LogP contribution in [-0.2, 0) is 6.54 Å². The molecule has 2 N–H and O–H groups in total. The van der Waals surface area contributed by atoms with Crippen molar-refractivity contribution in [3.05, 3.63) is 73.8 Å². The van der Waals surface area contributed by atoms with E-state index >= 15 is 0 Å². The highest BCUT2D eigenvalue weighted by atomic mass is 35.5. The first-order chi connectivity index (χ1) is 12.0. The minimum atomic E-state index is -0.624. The second-order valence-corrected chi connectivity index (χ2v) is 5.58. The molecule has 128 valence electrons. The van der Waals surface area contributed by atoms with Gasteiger partial charge < -0.3 is 5.32 Å². The molecule has 25 heavy (non-hydrogen) atoms. The first-order valence-electron chi connectivity index (χ1n) is 7.28. The highest BCUT2D eigenvalue weighted by Gasteiger charge is 2.10. The maximum Gasteiger partial charge on any atom is 0.330 e. The Balaban J connectivity index is 1.75. The van der Waals surface area contributed by atoms with E-state index in [2.05, 4.69) is 15.3 Å². The second-order valence-electron chi connectivity index (χ2n) is 5.17. The number of aromatic amines is 1. The van der Waals surface area contributed by atoms with E-state index in [1.54, 1.807) is 12.1 Å². The molecule has 3 aromatic rings. The average molecular weight is 363 g/mol. The molecule has 9 heteroatoms. The van der Waals surface area contributed by atoms with E-state index in [0.29, 0.717) is 0 Å². The lowest BCUT2D eigenvalue weighted by molar-refractivity contribution is 0.0952. The summed E-state index contributed by atoms with van der Waals surface area (Å²) in [6.07, 6.45) is 1.47. The largest absolute Gasteiger partial charge is 0.350 e. The molecule has 7 nitrogen and oxygen atoms in total. The van der Waals surface area contributed by atoms with E-state index in [-0.39, 0.29) is 34.7 Å². The lowest BCUT2D eigenvalue weighted by Crippen LogP contribution is -2.39. The first kappa shape index (κ1) is 16.8. The molecule has 0 radical (unpaired) electrons. The quantitative estimate of drug-likeness (QED) is 0.731. The van der Waals surface area contributed by atoms with Crippen LogP contribution in [0.2, 0.25) is 5.02 Å². The fraction of sp³-hybridized carbons (Fsp3) is 0.125. The van der Waals surface area contributed by atoms with Gasteiger partial charge in [-0.2, -0.15) is 0 Å². The second kappa shape index (κ2) is 6.86. The summed E-state index contributed by atoms with van der Waals surface area (Å²) in [7, 11) is 0. The van der Waals surface area contributed by atoms with Crippen LogP contribution in [0.3, 0.4) is 0 Å². The fourth-order valence-corrected chi connectivity index (χ4v) is 2.49. The molecule has 0 aliphatic rings. The molecule has 0 saturated carbocycles. The van der Waals surface area contributed by atoms with Crippen molar-refractivity contribution in [2.75, 3.05) is 6.54 Å². The molecule has 1 amide bonds. The van der Waals surface area contributed by atoms with Crippen molar-refractivity contribution in [3.8, 4) is 0 Å². The summed E-state index contributed by atoms with van der Waals surface area (Å²) in [5, 5.41) is 2.66. The van der Waals surface area contributed by atoms with E-state index in [4.69, 9.17) is 11.6 Å². The van der Waals surface area contributed by atoms with Gasteiger partial charge in [0.1, 0.15) is 11.5 Å². The topological polar surface area (TPSA) is 96.8 Å². The SMILES string of the molecule is O=C(NCCn1c(=O)[nH]c2ncccc2c1=O)c1ccc(F)c(Cl)c1. The van der Waals surface area contributed by atoms with Gasteiger partial charge >= 0.3 is 5.69 Å². The van der Waals surface area contributed by atoms with Crippen LogP contribution >= 0.6 is 11.6 Å². The van der Waals surface area contributed by atoms with Gasteiger partial charge in [0, 0.05) is 24.8 Å². The first-order valence-corrected chi connectivity index (χ1v) is 7.66. The van der Waals surface area contributed by atoms with E-state index in [9.17, 15) is 18.8 Å². The summed E-state index contributed by atoms with van der Waals surface area (Å²) in [4.78, 5) is 42.7. The van der Waals surface area contributed by atoms with Crippen molar-refractivity contribution >= 4 is 28.5 Å². The number of nitrogens with zero attached hydrogens (tertiary/aromatic N) is 2. The van der Waals surface area contributed by atoms with Crippen molar-refractivity contribution in [2.45, 2.75) is 6.54 Å². The number of carbonyl (C=O) groups excluding carboxylic acids is 1. The van der Waals surface area contributed by atoms with Gasteiger partial charge in [0.15, 0.2) is 0 Å². The van der Waals surface area contributed by atoms with Crippen LogP contribution in [0.15, 0.2) is 46.1 Å². The predicted octanol–water partition coefficient (Wildman–Crippen LogP) is 1.31. The summed E-state index contributed by atoms with van der Waals surface area (Å²) in [6, 6.07) is 6.72. The predicted molar refractivity (Wildman–Crippen MR) is 90.4 cm³/mol. The molecule has 2 aromatic heterocycles. The summed E-state index contributed by atoms with van der Waals surface area (Å²) >= 11 is 5.63. The number of halogens is 2. The summed E-state index contributed by atoms with van der Waals surface area (Å²) in [5.74, 6) is -1.12. The summed E-state index contributed by atoms with van der Waals surface area (Å²) < 4.78 is 14.1. The lowest BCUT2D eigenvalue weighted by Gasteiger charge is -2.08. The molecule has 0 unspecified atom stereocenters. The Labute approximate surface area is 145 Å². The summed E-state index contributed by atoms with van der Waals surface area (Å²) in [5.41, 5.74) is -0.727. The number of nitrogens with one attached hydrogen (secondary N) is 2. The van der Waals surface area contributed by atoms with Crippen LogP contribution < -0.4 is 16.6 Å². The Hall–Kier alpha value is -3.00. The zero-order valence-electron chi connectivity index (χ0n) is 12.8. The molecule has 3 rings (SSSR count). The highest BCUT2D eigenvalue weighted by Crippen LogP contribution is 2.15. The van der Waals surface area contributed by atoms with Crippen molar-refractivity contribution in [1.82, 2.24) is 19.9 Å². The molecular weight excluding hydrogens is 351 g/mol. The number of rotatable bonds is 4. The van der Waals surface area contributed by atoms with Gasteiger partial charge in [-0.15, -0.1) is 0 Å². The molecule has 1 aromatic carbocycles. The van der Waals surface area contributed by atoms with E-state index < -0.39 is 23.0 Å². The third kappa shape index (κ3) is 3.43. The van der Waals surface area contributed by atoms with Crippen LogP contribution in [0.5, 0.6) is 0 Å². The van der Waals surface area contributed by atoms with Gasteiger partial charge in [0.05, 0.1) is 10.4 Å². The van der Waals surface area contributed by atoms with Gasteiger partial charge in [-0.3, -0.25) is 19.1 Å². The third-order valence-electron chi connectivity index (χ3n) is 3.56. The van der Waals surface area contributed by atoms with Gasteiger partial charge in [-0.1, -0.05) is 11.6 Å². The van der Waals surface area contributed by atoms with Crippen molar-refractivity contribution in [1.29, 1.82) is 0 Å². The molecule has 0 bridgehead atoms. The van der Waals surface area contributed by atoms with Crippen LogP contribution in [0.4, 0.5) is 4.39 Å². The lowest BCUT2D eigenvalue weighted by atomic mass is 10.2. The Morgan fingerprint density at radius 1 is 1.32 bits per heavy atom. The smallest absolute Gasteiger partial charge is 0.330 e. The molecule has 0 spiro atoms. The number of benzene rings is 1. The highest BCUT2D eigenvalue weighted by molar-refractivity contribution is 6.31. The zero-order chi connectivity index (χ0) is 18.0. The molecular formula is C16H12ClFN4O3. The van der Waals surface area contributed by atoms with Crippen LogP contribution in [0.1, 0.15) is 10.4 Å². The number of pyridine rings is 1. The molecule has 0 aliphatic heterocycles. The van der Waals surface area contributed by atoms with Crippen LogP contribution in [0.25, 0.3) is 11.0 Å². The number of H-pyrrole nitrogens is 1. The number of hydrogen-bond acceptors (Lipinski definition) is 4. The fourth-order valence-electron chi connectivity index (χ4n) is 2.31. The molecule has 0 atom stereocenters. The Kier molecular flexibility index (Phi) is 4.62. The monoisotopic (exact) mass is 362 g/mol. The van der Waals surface area contributed by atoms with Gasteiger partial charge in [-0.25, -0.2) is 14.2 Å². The normalized spacial score (nSPS) is 10.8. The molecule has 0 aliphatic carbocycles. The van der Waals surface area contributed by atoms with Crippen molar-refractivity contribution < 1.29 is 9.18 Å². The standard InChI is InChI=1S/C16H12ClFN4O3/c17-11-8-9(3-4-12(11)18)14(23)20-6-7-22-15(24)10-2-1-5-19-13(10)21-16(22)25/h1-5,8H,6-7H2,(H,20,23)(H,19,21,25). The van der Waals surface area contributed by atoms with Crippen LogP contribution in [-0.4, -0.2) is 27.0 Å². The van der Waals surface area contributed by atoms with Crippen LogP contribution in [0, 0.1) is 5.82 Å².